The number of carbonyl (C=O) groups is 1. The molecule has 25 heteroatoms. The minimum absolute atomic E-state index is 0.00612. The molecule has 6 heterocycles. The van der Waals surface area contributed by atoms with E-state index < -0.39 is 179 Å². The lowest BCUT2D eigenvalue weighted by Crippen LogP contribution is -2.68. The van der Waals surface area contributed by atoms with Crippen LogP contribution in [0.15, 0.2) is 30.3 Å². The highest BCUT2D eigenvalue weighted by Crippen LogP contribution is 2.71. The minimum Gasteiger partial charge on any atom is -0.453 e. The van der Waals surface area contributed by atoms with Crippen LogP contribution in [0.5, 0.6) is 0 Å². The molecule has 11 rings (SSSR count). The molecule has 1 aromatic carbocycles. The monoisotopic (exact) mass is 1170 g/mol. The van der Waals surface area contributed by atoms with E-state index in [2.05, 4.69) is 27.7 Å². The van der Waals surface area contributed by atoms with Crippen molar-refractivity contribution in [2.45, 2.75) is 226 Å². The number of hydrogen-bond acceptors (Lipinski definition) is 25. The average Bonchev–Trinajstić information content (AvgIpc) is 2.80. The van der Waals surface area contributed by atoms with E-state index in [1.54, 1.807) is 18.2 Å². The molecule has 1 spiro atoms. The Morgan fingerprint density at radius 3 is 1.90 bits per heavy atom. The first kappa shape index (κ1) is 61.4. The third-order valence-electron chi connectivity index (χ3n) is 21.3. The Kier molecular flexibility index (Phi) is 18.0. The van der Waals surface area contributed by atoms with E-state index in [9.17, 15) is 71.2 Å². The number of fused-ring (bicyclic) bond motifs is 7. The van der Waals surface area contributed by atoms with Crippen molar-refractivity contribution in [2.24, 2.45) is 52.3 Å². The van der Waals surface area contributed by atoms with Crippen LogP contribution in [-0.2, 0) is 52.1 Å². The maximum atomic E-state index is 12.9. The molecule has 6 saturated heterocycles. The molecule has 82 heavy (non-hydrogen) atoms. The van der Waals surface area contributed by atoms with Crippen molar-refractivity contribution in [3.05, 3.63) is 35.9 Å². The molecule has 464 valence electrons. The molecule has 33 atom stereocenters. The fraction of sp³-hybridized carbons (Fsp3) is 0.877. The Hall–Kier alpha value is -2.23. The number of carbonyl (C=O) groups excluding carboxylic acids is 1. The van der Waals surface area contributed by atoms with E-state index in [4.69, 9.17) is 52.1 Å². The smallest absolute Gasteiger partial charge is 0.338 e. The molecule has 0 unspecified atom stereocenters. The molecule has 13 N–H and O–H groups in total. The van der Waals surface area contributed by atoms with Crippen molar-refractivity contribution in [1.29, 1.82) is 0 Å². The summed E-state index contributed by atoms with van der Waals surface area (Å²) in [6, 6.07) is 7.81. The number of hydrogen-bond donors (Lipinski definition) is 13. The minimum atomic E-state index is -2.07. The van der Waals surface area contributed by atoms with Crippen LogP contribution < -0.4 is 0 Å². The molecule has 1 aromatic rings. The van der Waals surface area contributed by atoms with Gasteiger partial charge < -0.3 is 118 Å². The van der Waals surface area contributed by atoms with Gasteiger partial charge in [0.05, 0.1) is 63.0 Å². The second kappa shape index (κ2) is 24.0. The third-order valence-corrected chi connectivity index (χ3v) is 21.3. The Morgan fingerprint density at radius 2 is 1.21 bits per heavy atom. The molecular formula is C57H86O25. The highest BCUT2D eigenvalue weighted by Gasteiger charge is 2.70. The predicted octanol–water partition coefficient (Wildman–Crippen LogP) is -2.46. The van der Waals surface area contributed by atoms with Crippen molar-refractivity contribution in [2.75, 3.05) is 33.0 Å². The molecule has 10 aliphatic rings. The largest absolute Gasteiger partial charge is 0.453 e. The molecule has 0 amide bonds. The zero-order chi connectivity index (χ0) is 58.5. The van der Waals surface area contributed by atoms with Gasteiger partial charge in [0.15, 0.2) is 37.1 Å². The van der Waals surface area contributed by atoms with Gasteiger partial charge in [-0.15, -0.1) is 0 Å². The van der Waals surface area contributed by atoms with E-state index in [0.29, 0.717) is 30.8 Å². The second-order valence-corrected chi connectivity index (χ2v) is 25.9. The number of aliphatic hydroxyl groups is 13. The molecule has 4 saturated carbocycles. The first-order chi connectivity index (χ1) is 39.1. The highest BCUT2D eigenvalue weighted by atomic mass is 16.8. The Balaban J connectivity index is 0.780. The van der Waals surface area contributed by atoms with Gasteiger partial charge in [0, 0.05) is 12.3 Å². The first-order valence-corrected chi connectivity index (χ1v) is 29.5. The SMILES string of the molecule is C[C@@H]1CC[C@@]2(OC1)O[C@H]1C[C@H]3[C@@H]4C[C@@H](O)[C@H]5C[C@@H](O[C@@H]6O[C@H](CO)[C@H](O[C@@H]7O[C@H](CO)[C@@H](O)[C@H](O[C@@H]8OC[C@@H](OC(=O)c9ccccc9)[C@H](O)[C@H]8O)[C@H]7O[C@@H]7O[C@H](CO)[C@@H](O)[C@H](O)[C@H]7O)[C@H](O)[C@H]6O)[C@H](O)C[C@]5(C)[C@H]4CC[C@]3(C)[C@H]1[C@@H]2C. The second-order valence-electron chi connectivity index (χ2n) is 25.9. The zero-order valence-corrected chi connectivity index (χ0v) is 46.6. The van der Waals surface area contributed by atoms with Gasteiger partial charge in [0.2, 0.25) is 0 Å². The number of ether oxygens (including phenoxy) is 11. The van der Waals surface area contributed by atoms with Crippen LogP contribution >= 0.6 is 0 Å². The van der Waals surface area contributed by atoms with Gasteiger partial charge in [-0.3, -0.25) is 0 Å². The molecular weight excluding hydrogens is 1080 g/mol. The summed E-state index contributed by atoms with van der Waals surface area (Å²) in [5.74, 6) is 0.0658. The zero-order valence-electron chi connectivity index (χ0n) is 46.6. The lowest BCUT2D eigenvalue weighted by molar-refractivity contribution is -0.404. The summed E-state index contributed by atoms with van der Waals surface area (Å²) in [5.41, 5.74) is -0.343. The Labute approximate surface area is 475 Å². The van der Waals surface area contributed by atoms with Gasteiger partial charge in [0.25, 0.3) is 0 Å². The molecule has 4 aliphatic carbocycles. The van der Waals surface area contributed by atoms with Crippen molar-refractivity contribution < 1.29 is 123 Å². The molecule has 0 aromatic heterocycles. The number of benzene rings is 1. The normalized spacial score (nSPS) is 53.9. The quantitative estimate of drug-likeness (QED) is 0.0719. The summed E-state index contributed by atoms with van der Waals surface area (Å²) >= 11 is 0. The van der Waals surface area contributed by atoms with Crippen LogP contribution in [0.3, 0.4) is 0 Å². The summed E-state index contributed by atoms with van der Waals surface area (Å²) in [4.78, 5) is 12.9. The Morgan fingerprint density at radius 1 is 0.573 bits per heavy atom. The molecule has 0 radical (unpaired) electrons. The van der Waals surface area contributed by atoms with E-state index in [1.807, 2.05) is 0 Å². The van der Waals surface area contributed by atoms with Crippen molar-refractivity contribution in [1.82, 2.24) is 0 Å². The number of aliphatic hydroxyl groups excluding tert-OH is 13. The number of rotatable bonds is 13. The Bertz CT molecular complexity index is 2310. The summed E-state index contributed by atoms with van der Waals surface area (Å²) in [6.45, 7) is 6.50. The van der Waals surface area contributed by atoms with Gasteiger partial charge in [-0.05, 0) is 103 Å². The lowest BCUT2D eigenvalue weighted by atomic mass is 9.43. The van der Waals surface area contributed by atoms with Crippen LogP contribution in [0.4, 0.5) is 0 Å². The maximum absolute atomic E-state index is 12.9. The maximum Gasteiger partial charge on any atom is 0.338 e. The summed E-state index contributed by atoms with van der Waals surface area (Å²) < 4.78 is 67.1. The van der Waals surface area contributed by atoms with Crippen molar-refractivity contribution in [3.8, 4) is 0 Å². The van der Waals surface area contributed by atoms with Crippen LogP contribution in [-0.4, -0.2) is 252 Å². The van der Waals surface area contributed by atoms with Gasteiger partial charge in [0.1, 0.15) is 85.5 Å². The first-order valence-electron chi connectivity index (χ1n) is 29.5. The average molecular weight is 1170 g/mol. The van der Waals surface area contributed by atoms with E-state index in [-0.39, 0.29) is 53.6 Å². The topological polar surface area (TPSA) is 382 Å². The molecule has 10 fully saturated rings. The highest BCUT2D eigenvalue weighted by molar-refractivity contribution is 5.89. The molecule has 0 bridgehead atoms. The number of esters is 1. The fourth-order valence-corrected chi connectivity index (χ4v) is 16.8. The van der Waals surface area contributed by atoms with E-state index >= 15 is 0 Å². The summed E-state index contributed by atoms with van der Waals surface area (Å²) in [7, 11) is 0. The van der Waals surface area contributed by atoms with Gasteiger partial charge >= 0.3 is 5.97 Å². The van der Waals surface area contributed by atoms with Gasteiger partial charge in [-0.1, -0.05) is 45.9 Å². The molecule has 25 nitrogen and oxygen atoms in total. The van der Waals surface area contributed by atoms with Crippen LogP contribution in [0, 0.1) is 52.3 Å². The lowest BCUT2D eigenvalue weighted by Gasteiger charge is -2.63. The van der Waals surface area contributed by atoms with Crippen molar-refractivity contribution >= 4 is 5.97 Å². The van der Waals surface area contributed by atoms with Gasteiger partial charge in [-0.25, -0.2) is 4.79 Å². The van der Waals surface area contributed by atoms with Gasteiger partial charge in [-0.2, -0.15) is 0 Å². The van der Waals surface area contributed by atoms with Crippen LogP contribution in [0.1, 0.15) is 89.4 Å². The van der Waals surface area contributed by atoms with E-state index in [0.717, 1.165) is 32.1 Å². The van der Waals surface area contributed by atoms with E-state index in [1.165, 1.54) is 12.1 Å². The molecule has 6 aliphatic heterocycles. The summed E-state index contributed by atoms with van der Waals surface area (Å²) in [5, 5.41) is 146. The van der Waals surface area contributed by atoms with Crippen LogP contribution in [0.25, 0.3) is 0 Å². The van der Waals surface area contributed by atoms with Crippen molar-refractivity contribution in [3.63, 3.8) is 0 Å². The third kappa shape index (κ3) is 10.7. The summed E-state index contributed by atoms with van der Waals surface area (Å²) in [6.07, 6.45) is -31.9. The van der Waals surface area contributed by atoms with Crippen LogP contribution in [0.2, 0.25) is 0 Å². The predicted molar refractivity (Wildman–Crippen MR) is 275 cm³/mol. The standard InChI is InChI=1S/C57H86O25/c1-23-10-13-57(73-21-23)24(2)38-33(82-57)15-28-26-14-30(61)29-16-32(31(62)17-56(29,4)27(26)11-12-55(28,38)3)75-52-46(70)43(67)47(36(20-60)78-52)79-54-49(81-53-45(69)42(66)39(63)34(18-58)76-53)48(41(65)35(19-59)77-54)80-51-44(68)40(64)37(22-72-51)74-50(71)25-8-6-5-7-9-25/h5-9,23-24,26-49,51-54,58-70H,10-22H2,1-4H3/t23-,24+,26-,27+,28+,29-,30-,31-,32-,33+,34-,35-,36-,37-,38+,39-,40+,41-,42+,43-,44-,45-,46-,47+,48+,49-,51+,52-,53+,54+,55+,56-,57-/m1/s1. The fourth-order valence-electron chi connectivity index (χ4n) is 16.8.